The van der Waals surface area contributed by atoms with Gasteiger partial charge in [0.25, 0.3) is 0 Å². The highest BCUT2D eigenvalue weighted by Crippen LogP contribution is 2.30. The van der Waals surface area contributed by atoms with Crippen LogP contribution in [0.4, 0.5) is 29.9 Å². The molecule has 0 aliphatic rings. The van der Waals surface area contributed by atoms with Crippen LogP contribution in [0.25, 0.3) is 0 Å². The molecule has 2 aromatic heterocycles. The zero-order chi connectivity index (χ0) is 21.0. The van der Waals surface area contributed by atoms with E-state index in [0.717, 1.165) is 17.5 Å². The van der Waals surface area contributed by atoms with E-state index in [1.807, 2.05) is 19.9 Å². The van der Waals surface area contributed by atoms with Gasteiger partial charge in [0.1, 0.15) is 0 Å². The number of benzene rings is 1. The van der Waals surface area contributed by atoms with Crippen molar-refractivity contribution >= 4 is 34.0 Å². The number of carbonyl (C=O) groups excluding carboxylic acids is 1. The molecule has 0 radical (unpaired) electrons. The number of rotatable bonds is 6. The van der Waals surface area contributed by atoms with Crippen molar-refractivity contribution in [3.05, 3.63) is 52.8 Å². The molecule has 0 bridgehead atoms. The van der Waals surface area contributed by atoms with Gasteiger partial charge >= 0.3 is 6.36 Å². The van der Waals surface area contributed by atoms with Crippen LogP contribution in [0.15, 0.2) is 35.7 Å². The Balaban J connectivity index is 1.64. The monoisotopic (exact) mass is 423 g/mol. The van der Waals surface area contributed by atoms with Crippen LogP contribution in [-0.4, -0.2) is 27.2 Å². The fourth-order valence-corrected chi connectivity index (χ4v) is 3.17. The van der Waals surface area contributed by atoms with Gasteiger partial charge in [0, 0.05) is 16.8 Å². The van der Waals surface area contributed by atoms with Crippen molar-refractivity contribution in [1.82, 2.24) is 15.0 Å². The third-order valence-electron chi connectivity index (χ3n) is 3.48. The lowest BCUT2D eigenvalue weighted by Crippen LogP contribution is -2.20. The van der Waals surface area contributed by atoms with Crippen LogP contribution in [0.2, 0.25) is 0 Å². The molecule has 11 heteroatoms. The van der Waals surface area contributed by atoms with E-state index in [1.165, 1.54) is 29.5 Å². The Bertz CT molecular complexity index is 1000. The Morgan fingerprint density at radius 2 is 1.83 bits per heavy atom. The molecule has 0 spiro atoms. The number of nitrogens with zero attached hydrogens (tertiary/aromatic N) is 3. The first-order chi connectivity index (χ1) is 13.7. The lowest BCUT2D eigenvalue weighted by molar-refractivity contribution is -0.274. The predicted molar refractivity (Wildman–Crippen MR) is 102 cm³/mol. The summed E-state index contributed by atoms with van der Waals surface area (Å²) in [5.41, 5.74) is 1.98. The summed E-state index contributed by atoms with van der Waals surface area (Å²) < 4.78 is 41.4. The van der Waals surface area contributed by atoms with Crippen LogP contribution in [0.3, 0.4) is 0 Å². The summed E-state index contributed by atoms with van der Waals surface area (Å²) in [6, 6.07) is 7.16. The fourth-order valence-electron chi connectivity index (χ4n) is 2.47. The van der Waals surface area contributed by atoms with E-state index < -0.39 is 18.0 Å². The van der Waals surface area contributed by atoms with E-state index >= 15 is 0 Å². The Kier molecular flexibility index (Phi) is 5.97. The number of aryl methyl sites for hydroxylation is 2. The molecule has 0 atom stereocenters. The van der Waals surface area contributed by atoms with Crippen molar-refractivity contribution < 1.29 is 22.7 Å². The second-order valence-electron chi connectivity index (χ2n) is 6.01. The van der Waals surface area contributed by atoms with Crippen molar-refractivity contribution in [2.45, 2.75) is 26.6 Å². The van der Waals surface area contributed by atoms with Gasteiger partial charge in [0.15, 0.2) is 10.9 Å². The van der Waals surface area contributed by atoms with Crippen molar-refractivity contribution in [2.24, 2.45) is 0 Å². The Hall–Kier alpha value is -3.21. The van der Waals surface area contributed by atoms with Crippen LogP contribution in [0.5, 0.6) is 5.75 Å². The number of thiazole rings is 1. The van der Waals surface area contributed by atoms with Crippen LogP contribution in [0, 0.1) is 13.8 Å². The highest BCUT2D eigenvalue weighted by molar-refractivity contribution is 7.13. The molecule has 1 amide bonds. The molecule has 0 saturated heterocycles. The van der Waals surface area contributed by atoms with E-state index in [0.29, 0.717) is 16.8 Å². The number of nitrogens with one attached hydrogen (secondary N) is 2. The van der Waals surface area contributed by atoms with E-state index in [2.05, 4.69) is 30.3 Å². The molecule has 152 valence electrons. The van der Waals surface area contributed by atoms with Crippen LogP contribution >= 0.6 is 11.3 Å². The molecule has 2 N–H and O–H groups in total. The maximum absolute atomic E-state index is 12.5. The second kappa shape index (κ2) is 8.43. The topological polar surface area (TPSA) is 89.0 Å². The number of hydrogen-bond acceptors (Lipinski definition) is 7. The van der Waals surface area contributed by atoms with Crippen LogP contribution in [-0.2, 0) is 11.2 Å². The average molecular weight is 423 g/mol. The van der Waals surface area contributed by atoms with E-state index in [1.54, 1.807) is 5.38 Å². The molecular weight excluding hydrogens is 407 g/mol. The van der Waals surface area contributed by atoms with Gasteiger partial charge in [-0.2, -0.15) is 0 Å². The number of halogens is 3. The van der Waals surface area contributed by atoms with Crippen molar-refractivity contribution in [3.63, 3.8) is 0 Å². The standard InChI is InChI=1S/C18H16F3N5O2S/c1-10-7-11(2)23-16(22-10)26-17-24-12(9-29-17)8-15(27)25-13-5-3-4-6-14(13)28-18(19,20)21/h3-7,9H,8H2,1-2H3,(H,25,27)(H,22,23,24,26). The van der Waals surface area contributed by atoms with Gasteiger partial charge < -0.3 is 15.4 Å². The number of anilines is 3. The number of carbonyl (C=O) groups is 1. The third kappa shape index (κ3) is 6.14. The van der Waals surface area contributed by atoms with Crippen molar-refractivity contribution in [3.8, 4) is 5.75 Å². The number of ether oxygens (including phenoxy) is 1. The number of para-hydroxylation sites is 2. The molecule has 29 heavy (non-hydrogen) atoms. The zero-order valence-corrected chi connectivity index (χ0v) is 16.2. The summed E-state index contributed by atoms with van der Waals surface area (Å²) in [6.45, 7) is 3.69. The van der Waals surface area contributed by atoms with Crippen molar-refractivity contribution in [2.75, 3.05) is 10.6 Å². The minimum absolute atomic E-state index is 0.0768. The molecule has 0 aliphatic heterocycles. The lowest BCUT2D eigenvalue weighted by atomic mass is 10.2. The molecule has 2 heterocycles. The summed E-state index contributed by atoms with van der Waals surface area (Å²) in [5.74, 6) is -0.616. The highest BCUT2D eigenvalue weighted by atomic mass is 32.1. The first-order valence-corrected chi connectivity index (χ1v) is 9.24. The Morgan fingerprint density at radius 1 is 1.14 bits per heavy atom. The fraction of sp³-hybridized carbons (Fsp3) is 0.222. The summed E-state index contributed by atoms with van der Waals surface area (Å²) >= 11 is 1.26. The van der Waals surface area contributed by atoms with Gasteiger partial charge in [0.05, 0.1) is 17.8 Å². The van der Waals surface area contributed by atoms with Gasteiger partial charge in [-0.25, -0.2) is 15.0 Å². The largest absolute Gasteiger partial charge is 0.573 e. The molecule has 0 unspecified atom stereocenters. The predicted octanol–water partition coefficient (Wildman–Crippen LogP) is 4.37. The maximum Gasteiger partial charge on any atom is 0.573 e. The Morgan fingerprint density at radius 3 is 2.52 bits per heavy atom. The van der Waals surface area contributed by atoms with Gasteiger partial charge in [-0.15, -0.1) is 24.5 Å². The molecule has 0 aliphatic carbocycles. The first-order valence-electron chi connectivity index (χ1n) is 8.36. The summed E-state index contributed by atoms with van der Waals surface area (Å²) in [4.78, 5) is 25.0. The molecule has 3 aromatic rings. The van der Waals surface area contributed by atoms with E-state index in [-0.39, 0.29) is 12.1 Å². The number of hydrogen-bond donors (Lipinski definition) is 2. The van der Waals surface area contributed by atoms with E-state index in [4.69, 9.17) is 0 Å². The molecule has 0 saturated carbocycles. The smallest absolute Gasteiger partial charge is 0.404 e. The number of alkyl halides is 3. The van der Waals surface area contributed by atoms with Crippen LogP contribution < -0.4 is 15.4 Å². The SMILES string of the molecule is Cc1cc(C)nc(Nc2nc(CC(=O)Nc3ccccc3OC(F)(F)F)cs2)n1. The van der Waals surface area contributed by atoms with Gasteiger partial charge in [0.2, 0.25) is 11.9 Å². The first kappa shape index (κ1) is 20.5. The van der Waals surface area contributed by atoms with Crippen molar-refractivity contribution in [1.29, 1.82) is 0 Å². The summed E-state index contributed by atoms with van der Waals surface area (Å²) in [7, 11) is 0. The summed E-state index contributed by atoms with van der Waals surface area (Å²) in [5, 5.41) is 7.55. The van der Waals surface area contributed by atoms with Gasteiger partial charge in [-0.1, -0.05) is 12.1 Å². The van der Waals surface area contributed by atoms with Gasteiger partial charge in [-0.05, 0) is 32.0 Å². The third-order valence-corrected chi connectivity index (χ3v) is 4.29. The number of aromatic nitrogens is 3. The minimum atomic E-state index is -4.85. The molecule has 0 fully saturated rings. The zero-order valence-electron chi connectivity index (χ0n) is 15.4. The molecule has 1 aromatic carbocycles. The normalized spacial score (nSPS) is 11.2. The van der Waals surface area contributed by atoms with Crippen LogP contribution in [0.1, 0.15) is 17.1 Å². The average Bonchev–Trinajstić information content (AvgIpc) is 3.01. The second-order valence-corrected chi connectivity index (χ2v) is 6.87. The minimum Gasteiger partial charge on any atom is -0.404 e. The summed E-state index contributed by atoms with van der Waals surface area (Å²) in [6.07, 6.45) is -4.97. The maximum atomic E-state index is 12.5. The lowest BCUT2D eigenvalue weighted by Gasteiger charge is -2.13. The van der Waals surface area contributed by atoms with Gasteiger partial charge in [-0.3, -0.25) is 4.79 Å². The highest BCUT2D eigenvalue weighted by Gasteiger charge is 2.32. The molecule has 3 rings (SSSR count). The Labute approximate surface area is 168 Å². The molecule has 7 nitrogen and oxygen atoms in total. The molecular formula is C18H16F3N5O2S. The van der Waals surface area contributed by atoms with E-state index in [9.17, 15) is 18.0 Å². The number of amides is 1. The quantitative estimate of drug-likeness (QED) is 0.612.